The summed E-state index contributed by atoms with van der Waals surface area (Å²) in [5.74, 6) is 0.825. The van der Waals surface area contributed by atoms with Crippen molar-refractivity contribution in [3.63, 3.8) is 0 Å². The summed E-state index contributed by atoms with van der Waals surface area (Å²) in [6.45, 7) is 16.5. The summed E-state index contributed by atoms with van der Waals surface area (Å²) in [5, 5.41) is 7.30. The second-order valence-electron chi connectivity index (χ2n) is 8.46. The molecule has 2 rings (SSSR count). The fourth-order valence-electron chi connectivity index (χ4n) is 4.46. The van der Waals surface area contributed by atoms with E-state index in [1.165, 1.54) is 51.7 Å². The van der Waals surface area contributed by atoms with Crippen molar-refractivity contribution < 1.29 is 0 Å². The van der Waals surface area contributed by atoms with E-state index in [9.17, 15) is 0 Å². The molecule has 0 radical (unpaired) electrons. The summed E-state index contributed by atoms with van der Waals surface area (Å²) in [6, 6.07) is 0. The van der Waals surface area contributed by atoms with Gasteiger partial charge in [0.05, 0.1) is 0 Å². The van der Waals surface area contributed by atoms with Gasteiger partial charge < -0.3 is 10.6 Å². The molecular weight excluding hydrogens is 258 g/mol. The number of nitrogens with zero attached hydrogens (tertiary/aromatic N) is 1. The van der Waals surface area contributed by atoms with Crippen molar-refractivity contribution in [3.8, 4) is 0 Å². The summed E-state index contributed by atoms with van der Waals surface area (Å²) in [4.78, 5) is 2.64. The summed E-state index contributed by atoms with van der Waals surface area (Å²) < 4.78 is 0. The van der Waals surface area contributed by atoms with Crippen LogP contribution in [0.5, 0.6) is 0 Å². The first-order chi connectivity index (χ1) is 9.94. The molecule has 1 aliphatic heterocycles. The van der Waals surface area contributed by atoms with Gasteiger partial charge in [-0.05, 0) is 44.4 Å². The van der Waals surface area contributed by atoms with Gasteiger partial charge in [-0.15, -0.1) is 0 Å². The minimum Gasteiger partial charge on any atom is -0.314 e. The lowest BCUT2D eigenvalue weighted by Gasteiger charge is -2.42. The molecule has 3 heteroatoms. The van der Waals surface area contributed by atoms with Crippen molar-refractivity contribution in [1.29, 1.82) is 0 Å². The molecule has 2 aliphatic rings. The molecule has 1 heterocycles. The molecule has 2 fully saturated rings. The van der Waals surface area contributed by atoms with Crippen molar-refractivity contribution >= 4 is 0 Å². The monoisotopic (exact) mass is 295 g/mol. The second kappa shape index (κ2) is 7.43. The lowest BCUT2D eigenvalue weighted by Crippen LogP contribution is -2.57. The van der Waals surface area contributed by atoms with Crippen LogP contribution < -0.4 is 10.6 Å². The minimum atomic E-state index is 0.278. The van der Waals surface area contributed by atoms with Gasteiger partial charge in [-0.3, -0.25) is 4.90 Å². The van der Waals surface area contributed by atoms with Gasteiger partial charge in [0.1, 0.15) is 0 Å². The lowest BCUT2D eigenvalue weighted by atomic mass is 9.78. The van der Waals surface area contributed by atoms with Gasteiger partial charge in [0.25, 0.3) is 0 Å². The predicted molar refractivity (Wildman–Crippen MR) is 91.7 cm³/mol. The molecule has 0 aromatic rings. The van der Waals surface area contributed by atoms with Gasteiger partial charge in [-0.1, -0.05) is 26.7 Å². The number of piperazine rings is 1. The Labute approximate surface area is 132 Å². The van der Waals surface area contributed by atoms with E-state index < -0.39 is 0 Å². The molecule has 2 N–H and O–H groups in total. The van der Waals surface area contributed by atoms with Crippen molar-refractivity contribution in [1.82, 2.24) is 15.5 Å². The van der Waals surface area contributed by atoms with E-state index in [1.54, 1.807) is 0 Å². The zero-order valence-corrected chi connectivity index (χ0v) is 14.8. The molecule has 0 spiro atoms. The minimum absolute atomic E-state index is 0.278. The first-order valence-electron chi connectivity index (χ1n) is 9.10. The van der Waals surface area contributed by atoms with E-state index in [1.807, 2.05) is 0 Å². The molecular formula is C18H37N3. The fraction of sp³-hybridized carbons (Fsp3) is 1.00. The Morgan fingerprint density at radius 3 is 2.33 bits per heavy atom. The molecule has 0 aromatic heterocycles. The zero-order valence-electron chi connectivity index (χ0n) is 14.8. The van der Waals surface area contributed by atoms with Crippen LogP contribution in [0.1, 0.15) is 59.8 Å². The Kier molecular flexibility index (Phi) is 6.10. The van der Waals surface area contributed by atoms with Crippen LogP contribution in [0, 0.1) is 11.3 Å². The molecule has 0 unspecified atom stereocenters. The third-order valence-electron chi connectivity index (χ3n) is 5.54. The maximum absolute atomic E-state index is 3.85. The van der Waals surface area contributed by atoms with E-state index >= 15 is 0 Å². The quantitative estimate of drug-likeness (QED) is 0.756. The SMILES string of the molecule is CC(C)CC1(CNCC(C)(C)N2CCNCC2)CCCC1. The van der Waals surface area contributed by atoms with Crippen LogP contribution in [0.4, 0.5) is 0 Å². The van der Waals surface area contributed by atoms with Crippen LogP contribution in [-0.2, 0) is 0 Å². The van der Waals surface area contributed by atoms with Crippen molar-refractivity contribution in [2.45, 2.75) is 65.3 Å². The largest absolute Gasteiger partial charge is 0.314 e. The Bertz CT molecular complexity index is 300. The van der Waals surface area contributed by atoms with E-state index in [2.05, 4.69) is 43.2 Å². The average molecular weight is 296 g/mol. The summed E-state index contributed by atoms with van der Waals surface area (Å²) in [7, 11) is 0. The van der Waals surface area contributed by atoms with Crippen LogP contribution >= 0.6 is 0 Å². The van der Waals surface area contributed by atoms with Crippen LogP contribution in [0.3, 0.4) is 0 Å². The first kappa shape index (κ1) is 17.2. The summed E-state index contributed by atoms with van der Waals surface area (Å²) >= 11 is 0. The van der Waals surface area contributed by atoms with Crippen LogP contribution in [0.25, 0.3) is 0 Å². The Morgan fingerprint density at radius 1 is 1.14 bits per heavy atom. The topological polar surface area (TPSA) is 27.3 Å². The standard InChI is InChI=1S/C18H37N3/c1-16(2)13-18(7-5-6-8-18)15-20-14-17(3,4)21-11-9-19-10-12-21/h16,19-20H,5-15H2,1-4H3. The van der Waals surface area contributed by atoms with Crippen molar-refractivity contribution in [3.05, 3.63) is 0 Å². The fourth-order valence-corrected chi connectivity index (χ4v) is 4.46. The average Bonchev–Trinajstić information content (AvgIpc) is 2.87. The van der Waals surface area contributed by atoms with Crippen LogP contribution in [0.2, 0.25) is 0 Å². The lowest BCUT2D eigenvalue weighted by molar-refractivity contribution is 0.0967. The van der Waals surface area contributed by atoms with Gasteiger partial charge in [-0.25, -0.2) is 0 Å². The summed E-state index contributed by atoms with van der Waals surface area (Å²) in [5.41, 5.74) is 0.868. The Hall–Kier alpha value is -0.120. The van der Waals surface area contributed by atoms with E-state index in [0.717, 1.165) is 25.6 Å². The van der Waals surface area contributed by atoms with E-state index in [4.69, 9.17) is 0 Å². The molecule has 1 saturated heterocycles. The molecule has 0 bridgehead atoms. The van der Waals surface area contributed by atoms with Gasteiger partial charge in [0.2, 0.25) is 0 Å². The maximum atomic E-state index is 3.85. The normalized spacial score (nSPS) is 23.9. The number of hydrogen-bond donors (Lipinski definition) is 2. The summed E-state index contributed by atoms with van der Waals surface area (Å²) in [6.07, 6.45) is 7.15. The third kappa shape index (κ3) is 4.94. The second-order valence-corrected chi connectivity index (χ2v) is 8.46. The highest BCUT2D eigenvalue weighted by Crippen LogP contribution is 2.42. The Morgan fingerprint density at radius 2 is 1.76 bits per heavy atom. The molecule has 0 aromatic carbocycles. The highest BCUT2D eigenvalue weighted by molar-refractivity contribution is 4.91. The van der Waals surface area contributed by atoms with Gasteiger partial charge >= 0.3 is 0 Å². The van der Waals surface area contributed by atoms with Gasteiger partial charge in [0, 0.05) is 44.8 Å². The van der Waals surface area contributed by atoms with Crippen molar-refractivity contribution in [2.24, 2.45) is 11.3 Å². The molecule has 21 heavy (non-hydrogen) atoms. The molecule has 124 valence electrons. The zero-order chi connectivity index (χ0) is 15.3. The smallest absolute Gasteiger partial charge is 0.0278 e. The number of nitrogens with one attached hydrogen (secondary N) is 2. The van der Waals surface area contributed by atoms with E-state index in [-0.39, 0.29) is 5.54 Å². The molecule has 0 atom stereocenters. The molecule has 3 nitrogen and oxygen atoms in total. The number of hydrogen-bond acceptors (Lipinski definition) is 3. The van der Waals surface area contributed by atoms with Crippen LogP contribution in [0.15, 0.2) is 0 Å². The van der Waals surface area contributed by atoms with Crippen LogP contribution in [-0.4, -0.2) is 49.7 Å². The first-order valence-corrected chi connectivity index (χ1v) is 9.10. The highest BCUT2D eigenvalue weighted by atomic mass is 15.2. The number of rotatable bonds is 7. The Balaban J connectivity index is 1.81. The third-order valence-corrected chi connectivity index (χ3v) is 5.54. The van der Waals surface area contributed by atoms with Crippen molar-refractivity contribution in [2.75, 3.05) is 39.3 Å². The predicted octanol–water partition coefficient (Wildman–Crippen LogP) is 2.87. The van der Waals surface area contributed by atoms with Gasteiger partial charge in [-0.2, -0.15) is 0 Å². The van der Waals surface area contributed by atoms with Gasteiger partial charge in [0.15, 0.2) is 0 Å². The molecule has 0 amide bonds. The van der Waals surface area contributed by atoms with E-state index in [0.29, 0.717) is 5.41 Å². The highest BCUT2D eigenvalue weighted by Gasteiger charge is 2.35. The maximum Gasteiger partial charge on any atom is 0.0278 e. The molecule has 1 saturated carbocycles. The molecule has 1 aliphatic carbocycles.